The van der Waals surface area contributed by atoms with Crippen LogP contribution in [0.25, 0.3) is 0 Å². The van der Waals surface area contributed by atoms with Gasteiger partial charge in [-0.2, -0.15) is 13.2 Å². The van der Waals surface area contributed by atoms with Crippen molar-refractivity contribution in [1.82, 2.24) is 14.7 Å². The number of benzene rings is 2. The molecule has 0 spiro atoms. The average Bonchev–Trinajstić information content (AvgIpc) is 3.28. The van der Waals surface area contributed by atoms with Gasteiger partial charge in [-0.25, -0.2) is 4.79 Å². The number of carbonyl (C=O) groups is 3. The SMILES string of the molecule is CN(C)CCN(Cc1ccccc1)C(=O)CN(C(=O)C(F)(F)F)c1cccc2c1CN(C(=O)OC(C)(C)C)C2. The Balaban J connectivity index is 1.92. The van der Waals surface area contributed by atoms with Gasteiger partial charge in [0.25, 0.3) is 0 Å². The first-order valence-corrected chi connectivity index (χ1v) is 12.6. The smallest absolute Gasteiger partial charge is 0.444 e. The molecule has 2 aromatic rings. The molecule has 11 heteroatoms. The van der Waals surface area contributed by atoms with E-state index in [0.717, 1.165) is 5.56 Å². The van der Waals surface area contributed by atoms with Gasteiger partial charge in [-0.1, -0.05) is 42.5 Å². The molecule has 0 atom stereocenters. The Bertz CT molecular complexity index is 1180. The first-order valence-electron chi connectivity index (χ1n) is 12.6. The number of alkyl halides is 3. The van der Waals surface area contributed by atoms with E-state index in [1.165, 1.54) is 21.9 Å². The van der Waals surface area contributed by atoms with Crippen molar-refractivity contribution in [2.75, 3.05) is 38.6 Å². The lowest BCUT2D eigenvalue weighted by Gasteiger charge is -2.30. The lowest BCUT2D eigenvalue weighted by Crippen LogP contribution is -2.48. The van der Waals surface area contributed by atoms with E-state index in [9.17, 15) is 27.6 Å². The van der Waals surface area contributed by atoms with Crippen LogP contribution in [-0.2, 0) is 34.0 Å². The standard InChI is InChI=1S/C28H35F3N4O4/c1-27(2,3)39-26(38)34-17-21-12-9-13-23(22(21)18-34)35(25(37)28(29,30)31)19-24(36)33(15-14-32(4)5)16-20-10-7-6-8-11-20/h6-13H,14-19H2,1-5H3. The Morgan fingerprint density at radius 1 is 0.923 bits per heavy atom. The Kier molecular flexibility index (Phi) is 9.26. The first kappa shape index (κ1) is 29.9. The minimum Gasteiger partial charge on any atom is -0.444 e. The highest BCUT2D eigenvalue weighted by atomic mass is 19.4. The van der Waals surface area contributed by atoms with Crippen LogP contribution in [0.2, 0.25) is 0 Å². The number of amides is 3. The van der Waals surface area contributed by atoms with Crippen molar-refractivity contribution in [3.63, 3.8) is 0 Å². The zero-order valence-electron chi connectivity index (χ0n) is 22.9. The zero-order valence-corrected chi connectivity index (χ0v) is 22.9. The summed E-state index contributed by atoms with van der Waals surface area (Å²) in [7, 11) is 3.66. The number of likely N-dealkylation sites (N-methyl/N-ethyl adjacent to an activating group) is 1. The number of fused-ring (bicyclic) bond motifs is 1. The van der Waals surface area contributed by atoms with Gasteiger partial charge in [-0.15, -0.1) is 0 Å². The van der Waals surface area contributed by atoms with Crippen LogP contribution in [0.4, 0.5) is 23.7 Å². The molecule has 212 valence electrons. The lowest BCUT2D eigenvalue weighted by atomic mass is 10.1. The summed E-state index contributed by atoms with van der Waals surface area (Å²) in [5.41, 5.74) is 0.957. The quantitative estimate of drug-likeness (QED) is 0.488. The molecule has 2 aromatic carbocycles. The molecule has 0 N–H and O–H groups in total. The molecular weight excluding hydrogens is 513 g/mol. The van der Waals surface area contributed by atoms with Gasteiger partial charge >= 0.3 is 18.2 Å². The number of anilines is 1. The summed E-state index contributed by atoms with van der Waals surface area (Å²) < 4.78 is 46.7. The molecule has 0 aromatic heterocycles. The molecule has 0 saturated heterocycles. The second-order valence-corrected chi connectivity index (χ2v) is 10.7. The van der Waals surface area contributed by atoms with Gasteiger partial charge in [0.05, 0.1) is 6.54 Å². The number of ether oxygens (including phenoxy) is 1. The van der Waals surface area contributed by atoms with Crippen LogP contribution < -0.4 is 4.90 Å². The van der Waals surface area contributed by atoms with Crippen molar-refractivity contribution in [2.45, 2.75) is 52.2 Å². The van der Waals surface area contributed by atoms with E-state index in [0.29, 0.717) is 22.6 Å². The van der Waals surface area contributed by atoms with Crippen molar-refractivity contribution in [1.29, 1.82) is 0 Å². The topological polar surface area (TPSA) is 73.4 Å². The molecule has 1 aliphatic heterocycles. The molecule has 0 fully saturated rings. The fourth-order valence-electron chi connectivity index (χ4n) is 4.18. The number of halogens is 3. The fraction of sp³-hybridized carbons (Fsp3) is 0.464. The van der Waals surface area contributed by atoms with Crippen LogP contribution in [0.5, 0.6) is 0 Å². The first-order chi connectivity index (χ1) is 18.2. The molecule has 1 heterocycles. The molecule has 0 radical (unpaired) electrons. The van der Waals surface area contributed by atoms with Crippen molar-refractivity contribution in [2.24, 2.45) is 0 Å². The van der Waals surface area contributed by atoms with Gasteiger partial charge in [0.15, 0.2) is 0 Å². The minimum absolute atomic E-state index is 0.0510. The summed E-state index contributed by atoms with van der Waals surface area (Å²) in [5.74, 6) is -2.77. The van der Waals surface area contributed by atoms with Gasteiger partial charge in [-0.3, -0.25) is 19.4 Å². The van der Waals surface area contributed by atoms with Crippen molar-refractivity contribution >= 4 is 23.6 Å². The Morgan fingerprint density at radius 3 is 2.18 bits per heavy atom. The molecule has 39 heavy (non-hydrogen) atoms. The van der Waals surface area contributed by atoms with Crippen LogP contribution in [0.15, 0.2) is 48.5 Å². The molecule has 1 aliphatic rings. The van der Waals surface area contributed by atoms with Crippen LogP contribution in [0, 0.1) is 0 Å². The Hall–Kier alpha value is -3.60. The molecule has 0 aliphatic carbocycles. The lowest BCUT2D eigenvalue weighted by molar-refractivity contribution is -0.170. The number of nitrogens with zero attached hydrogens (tertiary/aromatic N) is 4. The van der Waals surface area contributed by atoms with Gasteiger partial charge < -0.3 is 14.5 Å². The van der Waals surface area contributed by atoms with Crippen LogP contribution >= 0.6 is 0 Å². The number of hydrogen-bond donors (Lipinski definition) is 0. The normalized spacial score (nSPS) is 13.3. The monoisotopic (exact) mass is 548 g/mol. The van der Waals surface area contributed by atoms with Crippen LogP contribution in [0.1, 0.15) is 37.5 Å². The van der Waals surface area contributed by atoms with E-state index in [1.807, 2.05) is 49.3 Å². The average molecular weight is 549 g/mol. The second-order valence-electron chi connectivity index (χ2n) is 10.7. The maximum atomic E-state index is 13.8. The number of carbonyl (C=O) groups excluding carboxylic acids is 3. The summed E-state index contributed by atoms with van der Waals surface area (Å²) in [5, 5.41) is 0. The molecule has 3 amide bonds. The van der Waals surface area contributed by atoms with Crippen LogP contribution in [0.3, 0.4) is 0 Å². The molecular formula is C28H35F3N4O4. The maximum Gasteiger partial charge on any atom is 0.471 e. The third-order valence-electron chi connectivity index (χ3n) is 6.07. The minimum atomic E-state index is -5.21. The number of hydrogen-bond acceptors (Lipinski definition) is 5. The van der Waals surface area contributed by atoms with Gasteiger partial charge in [0.2, 0.25) is 5.91 Å². The highest BCUT2D eigenvalue weighted by molar-refractivity contribution is 6.02. The van der Waals surface area contributed by atoms with Crippen molar-refractivity contribution in [3.05, 3.63) is 65.2 Å². The molecule has 3 rings (SSSR count). The summed E-state index contributed by atoms with van der Waals surface area (Å²) in [6.45, 7) is 5.33. The van der Waals surface area contributed by atoms with E-state index >= 15 is 0 Å². The summed E-state index contributed by atoms with van der Waals surface area (Å²) in [4.78, 5) is 43.9. The zero-order chi connectivity index (χ0) is 29.0. The second kappa shape index (κ2) is 12.1. The Labute approximate surface area is 226 Å². The summed E-state index contributed by atoms with van der Waals surface area (Å²) >= 11 is 0. The van der Waals surface area contributed by atoms with E-state index in [-0.39, 0.29) is 31.9 Å². The van der Waals surface area contributed by atoms with Crippen molar-refractivity contribution in [3.8, 4) is 0 Å². The van der Waals surface area contributed by atoms with E-state index in [2.05, 4.69) is 0 Å². The highest BCUT2D eigenvalue weighted by Gasteiger charge is 2.45. The maximum absolute atomic E-state index is 13.8. The third kappa shape index (κ3) is 8.19. The molecule has 0 saturated carbocycles. The largest absolute Gasteiger partial charge is 0.471 e. The van der Waals surface area contributed by atoms with Gasteiger partial charge in [-0.05, 0) is 52.1 Å². The molecule has 0 bridgehead atoms. The summed E-state index contributed by atoms with van der Waals surface area (Å²) in [6.07, 6.45) is -5.83. The molecule has 8 nitrogen and oxygen atoms in total. The van der Waals surface area contributed by atoms with Crippen LogP contribution in [-0.4, -0.2) is 78.1 Å². The van der Waals surface area contributed by atoms with E-state index in [4.69, 9.17) is 4.74 Å². The fourth-order valence-corrected chi connectivity index (χ4v) is 4.18. The van der Waals surface area contributed by atoms with E-state index < -0.39 is 36.2 Å². The summed E-state index contributed by atoms with van der Waals surface area (Å²) in [6, 6.07) is 13.7. The Morgan fingerprint density at radius 2 is 1.59 bits per heavy atom. The van der Waals surface area contributed by atoms with Gasteiger partial charge in [0, 0.05) is 37.4 Å². The highest BCUT2D eigenvalue weighted by Crippen LogP contribution is 2.34. The third-order valence-corrected chi connectivity index (χ3v) is 6.07. The van der Waals surface area contributed by atoms with Gasteiger partial charge in [0.1, 0.15) is 12.1 Å². The van der Waals surface area contributed by atoms with Crippen molar-refractivity contribution < 1.29 is 32.3 Å². The predicted octanol–water partition coefficient (Wildman–Crippen LogP) is 4.42. The van der Waals surface area contributed by atoms with E-state index in [1.54, 1.807) is 26.8 Å². The number of rotatable bonds is 8. The molecule has 0 unspecified atom stereocenters. The predicted molar refractivity (Wildman–Crippen MR) is 141 cm³/mol.